The van der Waals surface area contributed by atoms with Crippen molar-refractivity contribution in [1.82, 2.24) is 15.5 Å². The number of nitrogens with zero attached hydrogens (tertiary/aromatic N) is 3. The quantitative estimate of drug-likeness (QED) is 0.835. The van der Waals surface area contributed by atoms with Crippen molar-refractivity contribution in [3.05, 3.63) is 0 Å². The van der Waals surface area contributed by atoms with Crippen LogP contribution in [0.5, 0.6) is 0 Å². The van der Waals surface area contributed by atoms with Gasteiger partial charge in [-0.25, -0.2) is 0 Å². The van der Waals surface area contributed by atoms with E-state index in [1.54, 1.807) is 11.3 Å². The van der Waals surface area contributed by atoms with Gasteiger partial charge in [0.15, 0.2) is 4.34 Å². The van der Waals surface area contributed by atoms with Crippen LogP contribution in [0.3, 0.4) is 0 Å². The Labute approximate surface area is 135 Å². The molecule has 0 radical (unpaired) electrons. The molecule has 5 nitrogen and oxygen atoms in total. The van der Waals surface area contributed by atoms with Crippen molar-refractivity contribution in [2.75, 3.05) is 25.6 Å². The molecule has 1 saturated carbocycles. The summed E-state index contributed by atoms with van der Waals surface area (Å²) in [5.41, 5.74) is -0.126. The van der Waals surface area contributed by atoms with Crippen LogP contribution in [0.25, 0.3) is 0 Å². The zero-order valence-corrected chi connectivity index (χ0v) is 14.9. The Morgan fingerprint density at radius 1 is 1.48 bits per heavy atom. The van der Waals surface area contributed by atoms with Crippen molar-refractivity contribution in [2.45, 2.75) is 60.7 Å². The van der Waals surface area contributed by atoms with Gasteiger partial charge < -0.3 is 15.3 Å². The molecular formula is C14H26N4OS2. The summed E-state index contributed by atoms with van der Waals surface area (Å²) >= 11 is 3.45. The van der Waals surface area contributed by atoms with Gasteiger partial charge in [0.2, 0.25) is 5.13 Å². The van der Waals surface area contributed by atoms with Crippen LogP contribution in [0, 0.1) is 0 Å². The van der Waals surface area contributed by atoms with Crippen LogP contribution in [0.4, 0.5) is 5.13 Å². The van der Waals surface area contributed by atoms with E-state index in [0.717, 1.165) is 28.7 Å². The first-order valence-electron chi connectivity index (χ1n) is 7.50. The minimum atomic E-state index is -0.126. The lowest BCUT2D eigenvalue weighted by molar-refractivity contribution is 0.115. The zero-order valence-electron chi connectivity index (χ0n) is 13.3. The third kappa shape index (κ3) is 4.55. The van der Waals surface area contributed by atoms with Crippen LogP contribution in [0.2, 0.25) is 0 Å². The molecule has 0 spiro atoms. The highest BCUT2D eigenvalue weighted by atomic mass is 32.2. The number of hydrogen-bond donors (Lipinski definition) is 2. The molecule has 21 heavy (non-hydrogen) atoms. The number of anilines is 1. The third-order valence-electron chi connectivity index (χ3n) is 3.74. The summed E-state index contributed by atoms with van der Waals surface area (Å²) in [5.74, 6) is 0. The second kappa shape index (κ2) is 7.26. The summed E-state index contributed by atoms with van der Waals surface area (Å²) in [7, 11) is 3.97. The molecular weight excluding hydrogens is 304 g/mol. The van der Waals surface area contributed by atoms with Gasteiger partial charge in [-0.3, -0.25) is 0 Å². The van der Waals surface area contributed by atoms with Gasteiger partial charge in [0.1, 0.15) is 0 Å². The summed E-state index contributed by atoms with van der Waals surface area (Å²) in [6, 6.07) is 0.391. The molecule has 120 valence electrons. The van der Waals surface area contributed by atoms with Gasteiger partial charge in [0.05, 0.1) is 6.61 Å². The summed E-state index contributed by atoms with van der Waals surface area (Å²) in [4.78, 5) is 1.99. The van der Waals surface area contributed by atoms with Crippen LogP contribution < -0.4 is 10.2 Å². The van der Waals surface area contributed by atoms with Crippen molar-refractivity contribution < 1.29 is 5.11 Å². The van der Waals surface area contributed by atoms with E-state index < -0.39 is 0 Å². The molecule has 1 aliphatic carbocycles. The molecule has 2 atom stereocenters. The first-order valence-corrected chi connectivity index (χ1v) is 9.20. The van der Waals surface area contributed by atoms with Crippen molar-refractivity contribution in [2.24, 2.45) is 0 Å². The van der Waals surface area contributed by atoms with Crippen molar-refractivity contribution in [3.63, 3.8) is 0 Å². The molecule has 1 heterocycles. The van der Waals surface area contributed by atoms with Crippen LogP contribution in [0.15, 0.2) is 4.34 Å². The van der Waals surface area contributed by atoms with Crippen LogP contribution in [-0.2, 0) is 0 Å². The Hall–Kier alpha value is -0.370. The Balaban J connectivity index is 1.99. The van der Waals surface area contributed by atoms with E-state index in [-0.39, 0.29) is 12.1 Å². The fourth-order valence-electron chi connectivity index (χ4n) is 2.91. The van der Waals surface area contributed by atoms with E-state index in [2.05, 4.69) is 29.4 Å². The van der Waals surface area contributed by atoms with Crippen LogP contribution in [0.1, 0.15) is 39.5 Å². The lowest BCUT2D eigenvalue weighted by Crippen LogP contribution is -2.54. The summed E-state index contributed by atoms with van der Waals surface area (Å²) < 4.78 is 1.03. The summed E-state index contributed by atoms with van der Waals surface area (Å²) in [5, 5.41) is 23.3. The number of nitrogens with one attached hydrogen (secondary N) is 1. The number of hydrogen-bond acceptors (Lipinski definition) is 7. The molecule has 2 rings (SSSR count). The lowest BCUT2D eigenvalue weighted by Gasteiger charge is -2.41. The molecule has 2 unspecified atom stereocenters. The predicted octanol–water partition coefficient (Wildman–Crippen LogP) is 2.37. The molecule has 1 aromatic heterocycles. The number of aliphatic hydroxyl groups is 1. The Kier molecular flexibility index (Phi) is 5.88. The van der Waals surface area contributed by atoms with Crippen molar-refractivity contribution >= 4 is 28.2 Å². The highest BCUT2D eigenvalue weighted by Gasteiger charge is 2.36. The average Bonchev–Trinajstić information content (AvgIpc) is 2.87. The Morgan fingerprint density at radius 3 is 2.81 bits per heavy atom. The van der Waals surface area contributed by atoms with E-state index in [1.807, 2.05) is 30.8 Å². The second-order valence-corrected chi connectivity index (χ2v) is 8.82. The third-order valence-corrected chi connectivity index (χ3v) is 6.19. The fraction of sp³-hybridized carbons (Fsp3) is 0.857. The SMILES string of the molecule is CC(C)NC1(CO)CCCC(Sc2nnc(N(C)C)s2)C1. The Morgan fingerprint density at radius 2 is 2.24 bits per heavy atom. The maximum absolute atomic E-state index is 9.85. The van der Waals surface area contributed by atoms with Crippen LogP contribution in [-0.4, -0.2) is 52.8 Å². The molecule has 7 heteroatoms. The smallest absolute Gasteiger partial charge is 0.208 e. The summed E-state index contributed by atoms with van der Waals surface area (Å²) in [6.45, 7) is 4.49. The van der Waals surface area contributed by atoms with Crippen LogP contribution >= 0.6 is 23.1 Å². The molecule has 1 aromatic rings. The monoisotopic (exact) mass is 330 g/mol. The highest BCUT2D eigenvalue weighted by molar-refractivity contribution is 8.01. The van der Waals surface area contributed by atoms with Crippen molar-refractivity contribution in [1.29, 1.82) is 0 Å². The minimum Gasteiger partial charge on any atom is -0.394 e. The van der Waals surface area contributed by atoms with Gasteiger partial charge in [-0.1, -0.05) is 43.4 Å². The lowest BCUT2D eigenvalue weighted by atomic mass is 9.81. The second-order valence-electron chi connectivity index (χ2n) is 6.32. The highest BCUT2D eigenvalue weighted by Crippen LogP contribution is 2.40. The van der Waals surface area contributed by atoms with E-state index in [4.69, 9.17) is 0 Å². The standard InChI is InChI=1S/C14H26N4OS2/c1-10(2)15-14(9-19)7-5-6-11(8-14)20-13-17-16-12(21-13)18(3)4/h10-11,15,19H,5-9H2,1-4H3. The van der Waals surface area contributed by atoms with E-state index in [9.17, 15) is 5.11 Å². The van der Waals surface area contributed by atoms with E-state index >= 15 is 0 Å². The molecule has 0 aromatic carbocycles. The van der Waals surface area contributed by atoms with Gasteiger partial charge >= 0.3 is 0 Å². The topological polar surface area (TPSA) is 61.3 Å². The number of thioether (sulfide) groups is 1. The fourth-order valence-corrected chi connectivity index (χ4v) is 5.30. The minimum absolute atomic E-state index is 0.126. The molecule has 2 N–H and O–H groups in total. The molecule has 0 aliphatic heterocycles. The molecule has 0 bridgehead atoms. The maximum atomic E-state index is 9.85. The van der Waals surface area contributed by atoms with Gasteiger partial charge in [-0.2, -0.15) is 0 Å². The largest absolute Gasteiger partial charge is 0.394 e. The number of aromatic nitrogens is 2. The average molecular weight is 331 g/mol. The first-order chi connectivity index (χ1) is 9.94. The van der Waals surface area contributed by atoms with Crippen molar-refractivity contribution in [3.8, 4) is 0 Å². The van der Waals surface area contributed by atoms with E-state index in [1.165, 1.54) is 6.42 Å². The molecule has 1 fully saturated rings. The molecule has 0 amide bonds. The van der Waals surface area contributed by atoms with Gasteiger partial charge in [0, 0.05) is 30.9 Å². The molecule has 0 saturated heterocycles. The number of rotatable bonds is 6. The van der Waals surface area contributed by atoms with Gasteiger partial charge in [-0.05, 0) is 19.3 Å². The first kappa shape index (κ1) is 17.0. The number of aliphatic hydroxyl groups excluding tert-OH is 1. The maximum Gasteiger partial charge on any atom is 0.208 e. The Bertz CT molecular complexity index is 452. The predicted molar refractivity (Wildman–Crippen MR) is 90.4 cm³/mol. The van der Waals surface area contributed by atoms with Gasteiger partial charge in [0.25, 0.3) is 0 Å². The molecule has 1 aliphatic rings. The summed E-state index contributed by atoms with van der Waals surface area (Å²) in [6.07, 6.45) is 4.38. The van der Waals surface area contributed by atoms with Gasteiger partial charge in [-0.15, -0.1) is 10.2 Å². The zero-order chi connectivity index (χ0) is 15.5. The normalized spacial score (nSPS) is 26.3. The van der Waals surface area contributed by atoms with E-state index in [0.29, 0.717) is 11.3 Å².